The standard InChI is InChI=1S/C17H30N2/c1-5-10-16(11-6-2)18-14-17(19(3)4)15-12-8-7-9-13-15/h7-9,12-13,16-18H,5-6,10-11,14H2,1-4H3. The highest BCUT2D eigenvalue weighted by Gasteiger charge is 2.15. The molecule has 1 aromatic rings. The van der Waals surface area contributed by atoms with Crippen molar-refractivity contribution in [2.75, 3.05) is 20.6 Å². The monoisotopic (exact) mass is 262 g/mol. The van der Waals surface area contributed by atoms with Crippen LogP contribution >= 0.6 is 0 Å². The van der Waals surface area contributed by atoms with Gasteiger partial charge in [0.15, 0.2) is 0 Å². The summed E-state index contributed by atoms with van der Waals surface area (Å²) in [5.41, 5.74) is 1.40. The minimum atomic E-state index is 0.456. The van der Waals surface area contributed by atoms with E-state index in [1.165, 1.54) is 31.2 Å². The predicted molar refractivity (Wildman–Crippen MR) is 84.5 cm³/mol. The molecule has 2 heteroatoms. The van der Waals surface area contributed by atoms with Gasteiger partial charge in [-0.25, -0.2) is 0 Å². The molecule has 1 rings (SSSR count). The van der Waals surface area contributed by atoms with E-state index >= 15 is 0 Å². The van der Waals surface area contributed by atoms with Gasteiger partial charge in [0.2, 0.25) is 0 Å². The number of hydrogen-bond donors (Lipinski definition) is 1. The highest BCUT2D eigenvalue weighted by atomic mass is 15.1. The van der Waals surface area contributed by atoms with Gasteiger partial charge in [-0.1, -0.05) is 57.0 Å². The van der Waals surface area contributed by atoms with Crippen LogP contribution in [0.15, 0.2) is 30.3 Å². The average molecular weight is 262 g/mol. The minimum absolute atomic E-state index is 0.456. The summed E-state index contributed by atoms with van der Waals surface area (Å²) in [6.07, 6.45) is 5.08. The molecule has 108 valence electrons. The largest absolute Gasteiger partial charge is 0.312 e. The second-order valence-electron chi connectivity index (χ2n) is 5.57. The quantitative estimate of drug-likeness (QED) is 0.727. The van der Waals surface area contributed by atoms with Crippen LogP contribution in [0.1, 0.15) is 51.1 Å². The first kappa shape index (κ1) is 16.2. The van der Waals surface area contributed by atoms with Crippen molar-refractivity contribution < 1.29 is 0 Å². The van der Waals surface area contributed by atoms with Crippen LogP contribution in [-0.4, -0.2) is 31.6 Å². The lowest BCUT2D eigenvalue weighted by atomic mass is 10.0. The van der Waals surface area contributed by atoms with Gasteiger partial charge in [0.25, 0.3) is 0 Å². The first-order chi connectivity index (χ1) is 9.19. The lowest BCUT2D eigenvalue weighted by molar-refractivity contribution is 0.273. The van der Waals surface area contributed by atoms with Gasteiger partial charge in [-0.15, -0.1) is 0 Å². The molecule has 0 amide bonds. The van der Waals surface area contributed by atoms with Gasteiger partial charge >= 0.3 is 0 Å². The molecule has 0 saturated heterocycles. The molecule has 0 heterocycles. The van der Waals surface area contributed by atoms with E-state index in [0.717, 1.165) is 6.54 Å². The Kier molecular flexibility index (Phi) is 7.76. The lowest BCUT2D eigenvalue weighted by Crippen LogP contribution is -2.37. The normalized spacial score (nSPS) is 13.2. The Morgan fingerprint density at radius 3 is 2.05 bits per heavy atom. The Morgan fingerprint density at radius 2 is 1.58 bits per heavy atom. The summed E-state index contributed by atoms with van der Waals surface area (Å²) in [4.78, 5) is 2.30. The zero-order valence-corrected chi connectivity index (χ0v) is 13.0. The third-order valence-electron chi connectivity index (χ3n) is 3.68. The molecule has 19 heavy (non-hydrogen) atoms. The van der Waals surface area contributed by atoms with Crippen molar-refractivity contribution in [3.8, 4) is 0 Å². The van der Waals surface area contributed by atoms with E-state index in [1.807, 2.05) is 0 Å². The Hall–Kier alpha value is -0.860. The second-order valence-corrected chi connectivity index (χ2v) is 5.57. The number of rotatable bonds is 9. The molecule has 0 spiro atoms. The van der Waals surface area contributed by atoms with Crippen molar-refractivity contribution in [3.05, 3.63) is 35.9 Å². The minimum Gasteiger partial charge on any atom is -0.312 e. The molecule has 1 atom stereocenters. The molecule has 0 aliphatic heterocycles. The van der Waals surface area contributed by atoms with Gasteiger partial charge in [0, 0.05) is 18.6 Å². The van der Waals surface area contributed by atoms with Crippen LogP contribution < -0.4 is 5.32 Å². The summed E-state index contributed by atoms with van der Waals surface area (Å²) >= 11 is 0. The second kappa shape index (κ2) is 9.11. The molecule has 0 radical (unpaired) electrons. The van der Waals surface area contributed by atoms with Crippen molar-refractivity contribution in [2.45, 2.75) is 51.6 Å². The third-order valence-corrected chi connectivity index (χ3v) is 3.68. The highest BCUT2D eigenvalue weighted by Crippen LogP contribution is 2.17. The number of nitrogens with zero attached hydrogens (tertiary/aromatic N) is 1. The predicted octanol–water partition coefficient (Wildman–Crippen LogP) is 3.85. The lowest BCUT2D eigenvalue weighted by Gasteiger charge is -2.28. The molecular formula is C17H30N2. The summed E-state index contributed by atoms with van der Waals surface area (Å²) in [6, 6.07) is 11.9. The van der Waals surface area contributed by atoms with Crippen LogP contribution in [0, 0.1) is 0 Å². The Labute approximate surface area is 119 Å². The molecular weight excluding hydrogens is 232 g/mol. The van der Waals surface area contributed by atoms with Gasteiger partial charge in [-0.3, -0.25) is 0 Å². The first-order valence-corrected chi connectivity index (χ1v) is 7.63. The average Bonchev–Trinajstić information content (AvgIpc) is 2.40. The van der Waals surface area contributed by atoms with E-state index in [-0.39, 0.29) is 0 Å². The molecule has 2 nitrogen and oxygen atoms in total. The molecule has 0 fully saturated rings. The molecule has 0 saturated carbocycles. The molecule has 0 aliphatic carbocycles. The molecule has 0 aromatic heterocycles. The third kappa shape index (κ3) is 5.75. The van der Waals surface area contributed by atoms with Crippen molar-refractivity contribution in [2.24, 2.45) is 0 Å². The number of hydrogen-bond acceptors (Lipinski definition) is 2. The summed E-state index contributed by atoms with van der Waals surface area (Å²) in [5.74, 6) is 0. The SMILES string of the molecule is CCCC(CCC)NCC(c1ccccc1)N(C)C. The molecule has 0 aliphatic rings. The molecule has 0 bridgehead atoms. The van der Waals surface area contributed by atoms with E-state index in [1.54, 1.807) is 0 Å². The van der Waals surface area contributed by atoms with Crippen LogP contribution in [0.5, 0.6) is 0 Å². The van der Waals surface area contributed by atoms with E-state index in [9.17, 15) is 0 Å². The van der Waals surface area contributed by atoms with Gasteiger partial charge < -0.3 is 10.2 Å². The summed E-state index contributed by atoms with van der Waals surface area (Å²) in [7, 11) is 4.32. The smallest absolute Gasteiger partial charge is 0.0466 e. The van der Waals surface area contributed by atoms with E-state index in [2.05, 4.69) is 68.5 Å². The van der Waals surface area contributed by atoms with Crippen LogP contribution in [0.2, 0.25) is 0 Å². The fraction of sp³-hybridized carbons (Fsp3) is 0.647. The van der Waals surface area contributed by atoms with Crippen LogP contribution in [-0.2, 0) is 0 Å². The Bertz CT molecular complexity index is 315. The summed E-state index contributed by atoms with van der Waals surface area (Å²) in [6.45, 7) is 5.57. The van der Waals surface area contributed by atoms with E-state index in [0.29, 0.717) is 12.1 Å². The first-order valence-electron chi connectivity index (χ1n) is 7.63. The van der Waals surface area contributed by atoms with Gasteiger partial charge in [0.05, 0.1) is 0 Å². The van der Waals surface area contributed by atoms with Gasteiger partial charge in [-0.2, -0.15) is 0 Å². The maximum atomic E-state index is 3.76. The van der Waals surface area contributed by atoms with Crippen molar-refractivity contribution in [3.63, 3.8) is 0 Å². The fourth-order valence-corrected chi connectivity index (χ4v) is 2.60. The van der Waals surface area contributed by atoms with Crippen molar-refractivity contribution in [1.29, 1.82) is 0 Å². The van der Waals surface area contributed by atoms with Crippen LogP contribution in [0.4, 0.5) is 0 Å². The van der Waals surface area contributed by atoms with Gasteiger partial charge in [0.1, 0.15) is 0 Å². The molecule has 1 unspecified atom stereocenters. The van der Waals surface area contributed by atoms with E-state index < -0.39 is 0 Å². The van der Waals surface area contributed by atoms with Crippen molar-refractivity contribution >= 4 is 0 Å². The fourth-order valence-electron chi connectivity index (χ4n) is 2.60. The highest BCUT2D eigenvalue weighted by molar-refractivity contribution is 5.19. The van der Waals surface area contributed by atoms with Crippen LogP contribution in [0.3, 0.4) is 0 Å². The van der Waals surface area contributed by atoms with E-state index in [4.69, 9.17) is 0 Å². The van der Waals surface area contributed by atoms with Crippen LogP contribution in [0.25, 0.3) is 0 Å². The molecule has 1 aromatic carbocycles. The number of nitrogens with one attached hydrogen (secondary N) is 1. The number of likely N-dealkylation sites (N-methyl/N-ethyl adjacent to an activating group) is 1. The maximum absolute atomic E-state index is 3.76. The zero-order valence-electron chi connectivity index (χ0n) is 13.0. The Balaban J connectivity index is 2.59. The van der Waals surface area contributed by atoms with Gasteiger partial charge in [-0.05, 0) is 32.5 Å². The topological polar surface area (TPSA) is 15.3 Å². The Morgan fingerprint density at radius 1 is 1.00 bits per heavy atom. The maximum Gasteiger partial charge on any atom is 0.0466 e. The summed E-state index contributed by atoms with van der Waals surface area (Å²) < 4.78 is 0. The molecule has 1 N–H and O–H groups in total. The zero-order chi connectivity index (χ0) is 14.1. The summed E-state index contributed by atoms with van der Waals surface area (Å²) in [5, 5.41) is 3.76. The van der Waals surface area contributed by atoms with Crippen molar-refractivity contribution in [1.82, 2.24) is 10.2 Å². The number of benzene rings is 1.